The number of H-pyrrole nitrogens is 1. The SMILES string of the molecule is Cc1cccc(F)c1NC(=O)c1cc2c(s1)-c1cccc(F)c1N(C(=O)c1cccc(-c3c[nH]c4ncc(F)cc34)n1)CC2. The lowest BCUT2D eigenvalue weighted by Gasteiger charge is -2.23. The maximum Gasteiger partial charge on any atom is 0.276 e. The van der Waals surface area contributed by atoms with Crippen molar-refractivity contribution in [1.82, 2.24) is 15.0 Å². The van der Waals surface area contributed by atoms with Gasteiger partial charge in [-0.15, -0.1) is 11.3 Å². The standard InChI is InChI=1S/C33H22F3N5O2S/c1-17-5-2-7-23(35)28(17)40-32(42)27-13-18-11-12-41(29-20(30(18)44-27)6-3-8-24(29)36)33(43)26-10-4-9-25(39-26)22-16-38-31-21(22)14-19(34)15-37-31/h2-10,13-16H,11-12H2,1H3,(H,37,38)(H,40,42). The molecule has 0 aliphatic carbocycles. The van der Waals surface area contributed by atoms with Crippen LogP contribution in [0.5, 0.6) is 0 Å². The Morgan fingerprint density at radius 3 is 2.61 bits per heavy atom. The molecule has 7 rings (SSSR count). The van der Waals surface area contributed by atoms with E-state index in [0.717, 1.165) is 23.1 Å². The summed E-state index contributed by atoms with van der Waals surface area (Å²) >= 11 is 1.16. The molecular formula is C33H22F3N5O2S. The van der Waals surface area contributed by atoms with Gasteiger partial charge in [0.15, 0.2) is 0 Å². The molecule has 1 aliphatic rings. The fourth-order valence-electron chi connectivity index (χ4n) is 5.47. The Bertz CT molecular complexity index is 2100. The Morgan fingerprint density at radius 2 is 1.77 bits per heavy atom. The van der Waals surface area contributed by atoms with E-state index < -0.39 is 29.3 Å². The number of pyridine rings is 2. The van der Waals surface area contributed by atoms with E-state index in [4.69, 9.17) is 0 Å². The normalized spacial score (nSPS) is 12.5. The lowest BCUT2D eigenvalue weighted by atomic mass is 10.1. The smallest absolute Gasteiger partial charge is 0.276 e. The van der Waals surface area contributed by atoms with Gasteiger partial charge in [0.2, 0.25) is 0 Å². The zero-order valence-electron chi connectivity index (χ0n) is 23.1. The molecule has 0 bridgehead atoms. The van der Waals surface area contributed by atoms with Gasteiger partial charge in [-0.1, -0.05) is 30.3 Å². The van der Waals surface area contributed by atoms with Crippen LogP contribution >= 0.6 is 11.3 Å². The number of carbonyl (C=O) groups is 2. The van der Waals surface area contributed by atoms with Crippen LogP contribution in [0.2, 0.25) is 0 Å². The Morgan fingerprint density at radius 1 is 0.977 bits per heavy atom. The number of halogens is 3. The van der Waals surface area contributed by atoms with Gasteiger partial charge in [0.1, 0.15) is 28.8 Å². The first-order valence-corrected chi connectivity index (χ1v) is 14.5. The molecule has 2 N–H and O–H groups in total. The quantitative estimate of drug-likeness (QED) is 0.216. The van der Waals surface area contributed by atoms with Crippen LogP contribution in [0.25, 0.3) is 32.7 Å². The van der Waals surface area contributed by atoms with Crippen molar-refractivity contribution in [1.29, 1.82) is 0 Å². The van der Waals surface area contributed by atoms with Crippen LogP contribution in [0.1, 0.15) is 31.3 Å². The molecule has 0 fully saturated rings. The lowest BCUT2D eigenvalue weighted by Crippen LogP contribution is -2.34. The second-order valence-electron chi connectivity index (χ2n) is 10.4. The Kier molecular flexibility index (Phi) is 6.74. The van der Waals surface area contributed by atoms with Crippen molar-refractivity contribution in [2.24, 2.45) is 0 Å². The number of carbonyl (C=O) groups excluding carboxylic acids is 2. The van der Waals surface area contributed by atoms with Gasteiger partial charge in [-0.05, 0) is 60.9 Å². The number of aryl methyl sites for hydroxylation is 1. The highest BCUT2D eigenvalue weighted by Crippen LogP contribution is 2.43. The van der Waals surface area contributed by atoms with E-state index in [-0.39, 0.29) is 23.6 Å². The van der Waals surface area contributed by atoms with E-state index in [0.29, 0.717) is 49.6 Å². The summed E-state index contributed by atoms with van der Waals surface area (Å²) in [5.41, 5.74) is 3.57. The Labute approximate surface area is 253 Å². The van der Waals surface area contributed by atoms with E-state index in [2.05, 4.69) is 20.3 Å². The van der Waals surface area contributed by atoms with Crippen LogP contribution in [-0.2, 0) is 6.42 Å². The third-order valence-electron chi connectivity index (χ3n) is 7.59. The minimum Gasteiger partial charge on any atom is -0.345 e. The first kappa shape index (κ1) is 27.5. The number of aromatic amines is 1. The lowest BCUT2D eigenvalue weighted by molar-refractivity contribution is 0.0980. The summed E-state index contributed by atoms with van der Waals surface area (Å²) < 4.78 is 43.9. The summed E-state index contributed by atoms with van der Waals surface area (Å²) in [6.07, 6.45) is 3.10. The summed E-state index contributed by atoms with van der Waals surface area (Å²) in [5.74, 6) is -2.62. The predicted molar refractivity (Wildman–Crippen MR) is 163 cm³/mol. The molecule has 6 aromatic rings. The van der Waals surface area contributed by atoms with Gasteiger partial charge < -0.3 is 15.2 Å². The average molecular weight is 610 g/mol. The molecule has 0 saturated heterocycles. The summed E-state index contributed by atoms with van der Waals surface area (Å²) in [6, 6.07) is 17.1. The Balaban J connectivity index is 1.23. The number of benzene rings is 2. The average Bonchev–Trinajstić information content (AvgIpc) is 3.60. The van der Waals surface area contributed by atoms with E-state index in [1.54, 1.807) is 61.7 Å². The van der Waals surface area contributed by atoms with Crippen molar-refractivity contribution in [2.75, 3.05) is 16.8 Å². The van der Waals surface area contributed by atoms with Crippen molar-refractivity contribution in [3.63, 3.8) is 0 Å². The number of anilines is 2. The topological polar surface area (TPSA) is 91.0 Å². The molecule has 2 amide bonds. The zero-order valence-corrected chi connectivity index (χ0v) is 23.9. The molecule has 2 aromatic carbocycles. The van der Waals surface area contributed by atoms with Crippen LogP contribution in [-0.4, -0.2) is 33.3 Å². The fourth-order valence-corrected chi connectivity index (χ4v) is 6.60. The molecule has 0 atom stereocenters. The summed E-state index contributed by atoms with van der Waals surface area (Å²) in [5, 5.41) is 3.17. The molecule has 0 radical (unpaired) electrons. The van der Waals surface area contributed by atoms with E-state index in [1.165, 1.54) is 23.1 Å². The maximum absolute atomic E-state index is 15.6. The van der Waals surface area contributed by atoms with Crippen molar-refractivity contribution in [2.45, 2.75) is 13.3 Å². The molecule has 5 heterocycles. The highest BCUT2D eigenvalue weighted by atomic mass is 32.1. The van der Waals surface area contributed by atoms with E-state index in [9.17, 15) is 18.4 Å². The minimum absolute atomic E-state index is 0.0839. The summed E-state index contributed by atoms with van der Waals surface area (Å²) in [4.78, 5) is 41.0. The number of hydrogen-bond acceptors (Lipinski definition) is 5. The van der Waals surface area contributed by atoms with Gasteiger partial charge in [-0.2, -0.15) is 0 Å². The summed E-state index contributed by atoms with van der Waals surface area (Å²) in [7, 11) is 0. The first-order valence-electron chi connectivity index (χ1n) is 13.7. The Hall–Kier alpha value is -5.29. The van der Waals surface area contributed by atoms with Crippen LogP contribution in [0, 0.1) is 24.4 Å². The van der Waals surface area contributed by atoms with Crippen molar-refractivity contribution >= 4 is 45.6 Å². The number of thiophene rings is 1. The third kappa shape index (κ3) is 4.71. The molecule has 44 heavy (non-hydrogen) atoms. The number of hydrogen-bond donors (Lipinski definition) is 2. The summed E-state index contributed by atoms with van der Waals surface area (Å²) in [6.45, 7) is 1.83. The number of nitrogens with one attached hydrogen (secondary N) is 2. The van der Waals surface area contributed by atoms with Gasteiger partial charge in [-0.3, -0.25) is 9.59 Å². The van der Waals surface area contributed by atoms with Gasteiger partial charge in [0.05, 0.1) is 28.1 Å². The highest BCUT2D eigenvalue weighted by molar-refractivity contribution is 7.17. The van der Waals surface area contributed by atoms with Gasteiger partial charge in [-0.25, -0.2) is 23.1 Å². The maximum atomic E-state index is 15.6. The molecule has 11 heteroatoms. The molecular weight excluding hydrogens is 587 g/mol. The number of fused-ring (bicyclic) bond motifs is 4. The molecule has 1 aliphatic heterocycles. The second-order valence-corrected chi connectivity index (χ2v) is 11.4. The van der Waals surface area contributed by atoms with Gasteiger partial charge in [0.25, 0.3) is 11.8 Å². The molecule has 0 saturated carbocycles. The van der Waals surface area contributed by atoms with Crippen molar-refractivity contribution in [3.8, 4) is 21.7 Å². The number of amides is 2. The van der Waals surface area contributed by atoms with E-state index in [1.807, 2.05) is 0 Å². The van der Waals surface area contributed by atoms with Gasteiger partial charge >= 0.3 is 0 Å². The molecule has 0 spiro atoms. The number of nitrogens with zero attached hydrogens (tertiary/aromatic N) is 3. The number of para-hydroxylation sites is 2. The van der Waals surface area contributed by atoms with Crippen LogP contribution in [0.3, 0.4) is 0 Å². The van der Waals surface area contributed by atoms with E-state index >= 15 is 4.39 Å². The second kappa shape index (κ2) is 10.8. The minimum atomic E-state index is -0.598. The third-order valence-corrected chi connectivity index (χ3v) is 8.80. The van der Waals surface area contributed by atoms with Crippen LogP contribution in [0.4, 0.5) is 24.5 Å². The molecule has 218 valence electrons. The van der Waals surface area contributed by atoms with Gasteiger partial charge in [0, 0.05) is 34.1 Å². The van der Waals surface area contributed by atoms with Crippen molar-refractivity contribution < 1.29 is 22.8 Å². The van der Waals surface area contributed by atoms with Crippen molar-refractivity contribution in [3.05, 3.63) is 118 Å². The van der Waals surface area contributed by atoms with Crippen LogP contribution < -0.4 is 10.2 Å². The predicted octanol–water partition coefficient (Wildman–Crippen LogP) is 7.53. The largest absolute Gasteiger partial charge is 0.345 e. The number of rotatable bonds is 4. The molecule has 0 unspecified atom stereocenters. The highest BCUT2D eigenvalue weighted by Gasteiger charge is 2.31. The molecule has 4 aromatic heterocycles. The van der Waals surface area contributed by atoms with Crippen LogP contribution in [0.15, 0.2) is 79.1 Å². The first-order chi connectivity index (χ1) is 21.3. The molecule has 7 nitrogen and oxygen atoms in total. The monoisotopic (exact) mass is 609 g/mol. The fraction of sp³-hybridized carbons (Fsp3) is 0.0909. The number of aromatic nitrogens is 3. The zero-order chi connectivity index (χ0) is 30.5.